The first-order chi connectivity index (χ1) is 9.67. The number of hydrogen-bond donors (Lipinski definition) is 1. The van der Waals surface area contributed by atoms with E-state index >= 15 is 0 Å². The van der Waals surface area contributed by atoms with E-state index in [4.69, 9.17) is 16.3 Å². The number of carbonyl (C=O) groups excluding carboxylic acids is 2. The van der Waals surface area contributed by atoms with E-state index < -0.39 is 0 Å². The van der Waals surface area contributed by atoms with Gasteiger partial charge in [-0.25, -0.2) is 0 Å². The lowest BCUT2D eigenvalue weighted by molar-refractivity contribution is -0.118. The number of nitrogens with one attached hydrogen (secondary N) is 1. The number of rotatable bonds is 5. The summed E-state index contributed by atoms with van der Waals surface area (Å²) in [5.41, 5.74) is 1.14. The number of amides is 1. The molecule has 0 radical (unpaired) electrons. The van der Waals surface area contributed by atoms with Crippen LogP contribution in [-0.2, 0) is 4.79 Å². The fourth-order valence-electron chi connectivity index (χ4n) is 1.56. The molecule has 1 N–H and O–H groups in total. The number of hydrogen-bond acceptors (Lipinski definition) is 3. The highest BCUT2D eigenvalue weighted by Gasteiger charge is 2.04. The quantitative estimate of drug-likeness (QED) is 0.860. The third kappa shape index (κ3) is 4.10. The SMILES string of the molecule is O=Cc1cccc(OCC(=O)Nc2ccc(Cl)cc2)c1. The summed E-state index contributed by atoms with van der Waals surface area (Å²) in [7, 11) is 0. The predicted octanol–water partition coefficient (Wildman–Crippen LogP) is 3.17. The van der Waals surface area contributed by atoms with Crippen molar-refractivity contribution in [3.05, 3.63) is 59.1 Å². The van der Waals surface area contributed by atoms with Crippen molar-refractivity contribution in [2.45, 2.75) is 0 Å². The predicted molar refractivity (Wildman–Crippen MR) is 77.4 cm³/mol. The maximum absolute atomic E-state index is 11.7. The van der Waals surface area contributed by atoms with Crippen molar-refractivity contribution in [3.63, 3.8) is 0 Å². The zero-order chi connectivity index (χ0) is 14.4. The van der Waals surface area contributed by atoms with Gasteiger partial charge in [0.2, 0.25) is 0 Å². The number of carbonyl (C=O) groups is 2. The molecule has 5 heteroatoms. The molecule has 0 heterocycles. The van der Waals surface area contributed by atoms with Gasteiger partial charge >= 0.3 is 0 Å². The van der Waals surface area contributed by atoms with Gasteiger partial charge in [0, 0.05) is 16.3 Å². The summed E-state index contributed by atoms with van der Waals surface area (Å²) in [5, 5.41) is 3.28. The normalized spacial score (nSPS) is 9.85. The molecule has 0 saturated heterocycles. The smallest absolute Gasteiger partial charge is 0.262 e. The van der Waals surface area contributed by atoms with Crippen LogP contribution in [0.2, 0.25) is 5.02 Å². The molecule has 0 aliphatic carbocycles. The van der Waals surface area contributed by atoms with Gasteiger partial charge in [0.1, 0.15) is 12.0 Å². The minimum atomic E-state index is -0.288. The van der Waals surface area contributed by atoms with Crippen LogP contribution in [-0.4, -0.2) is 18.8 Å². The van der Waals surface area contributed by atoms with Crippen molar-refractivity contribution < 1.29 is 14.3 Å². The fraction of sp³-hybridized carbons (Fsp3) is 0.0667. The van der Waals surface area contributed by atoms with E-state index in [0.717, 1.165) is 6.29 Å². The summed E-state index contributed by atoms with van der Waals surface area (Å²) >= 11 is 5.75. The molecule has 0 fully saturated rings. The van der Waals surface area contributed by atoms with Crippen LogP contribution in [0.4, 0.5) is 5.69 Å². The monoisotopic (exact) mass is 289 g/mol. The minimum absolute atomic E-state index is 0.134. The molecular formula is C15H12ClNO3. The number of ether oxygens (including phenoxy) is 1. The minimum Gasteiger partial charge on any atom is -0.484 e. The summed E-state index contributed by atoms with van der Waals surface area (Å²) < 4.78 is 5.31. The van der Waals surface area contributed by atoms with E-state index in [1.807, 2.05) is 0 Å². The summed E-state index contributed by atoms with van der Waals surface area (Å²) in [5.74, 6) is 0.185. The van der Waals surface area contributed by atoms with Crippen molar-refractivity contribution in [2.75, 3.05) is 11.9 Å². The summed E-state index contributed by atoms with van der Waals surface area (Å²) in [4.78, 5) is 22.3. The molecule has 0 aliphatic heterocycles. The van der Waals surface area contributed by atoms with Crippen molar-refractivity contribution >= 4 is 29.5 Å². The Bertz CT molecular complexity index is 611. The van der Waals surface area contributed by atoms with Gasteiger partial charge in [-0.15, -0.1) is 0 Å². The summed E-state index contributed by atoms with van der Waals surface area (Å²) in [6.45, 7) is -0.134. The first kappa shape index (κ1) is 14.1. The largest absolute Gasteiger partial charge is 0.484 e. The molecule has 20 heavy (non-hydrogen) atoms. The second kappa shape index (κ2) is 6.73. The Morgan fingerprint density at radius 2 is 1.95 bits per heavy atom. The van der Waals surface area contributed by atoms with Gasteiger partial charge in [0.15, 0.2) is 6.61 Å². The molecule has 0 aliphatic rings. The highest BCUT2D eigenvalue weighted by atomic mass is 35.5. The van der Waals surface area contributed by atoms with Gasteiger partial charge in [0.05, 0.1) is 0 Å². The second-order valence-corrected chi connectivity index (χ2v) is 4.47. The topological polar surface area (TPSA) is 55.4 Å². The van der Waals surface area contributed by atoms with E-state index in [-0.39, 0.29) is 12.5 Å². The molecule has 2 rings (SSSR count). The Kier molecular flexibility index (Phi) is 4.74. The Morgan fingerprint density at radius 3 is 2.65 bits per heavy atom. The van der Waals surface area contributed by atoms with Crippen LogP contribution in [0, 0.1) is 0 Å². The number of benzene rings is 2. The highest BCUT2D eigenvalue weighted by molar-refractivity contribution is 6.30. The Labute approximate surface area is 121 Å². The molecule has 0 aromatic heterocycles. The molecule has 0 unspecified atom stereocenters. The first-order valence-corrected chi connectivity index (χ1v) is 6.28. The second-order valence-electron chi connectivity index (χ2n) is 4.03. The number of anilines is 1. The van der Waals surface area contributed by atoms with E-state index in [1.165, 1.54) is 0 Å². The third-order valence-corrected chi connectivity index (χ3v) is 2.74. The zero-order valence-corrected chi connectivity index (χ0v) is 11.3. The molecule has 1 amide bonds. The van der Waals surface area contributed by atoms with Crippen molar-refractivity contribution in [1.82, 2.24) is 0 Å². The van der Waals surface area contributed by atoms with Crippen LogP contribution in [0.15, 0.2) is 48.5 Å². The lowest BCUT2D eigenvalue weighted by atomic mass is 10.2. The molecular weight excluding hydrogens is 278 g/mol. The molecule has 4 nitrogen and oxygen atoms in total. The van der Waals surface area contributed by atoms with Crippen LogP contribution >= 0.6 is 11.6 Å². The van der Waals surface area contributed by atoms with E-state index in [1.54, 1.807) is 48.5 Å². The van der Waals surface area contributed by atoms with Gasteiger partial charge in [-0.05, 0) is 36.4 Å². The maximum Gasteiger partial charge on any atom is 0.262 e. The Hall–Kier alpha value is -2.33. The lowest BCUT2D eigenvalue weighted by Crippen LogP contribution is -2.20. The molecule has 102 valence electrons. The van der Waals surface area contributed by atoms with Crippen molar-refractivity contribution in [2.24, 2.45) is 0 Å². The van der Waals surface area contributed by atoms with Crippen LogP contribution < -0.4 is 10.1 Å². The maximum atomic E-state index is 11.7. The highest BCUT2D eigenvalue weighted by Crippen LogP contribution is 2.14. The van der Waals surface area contributed by atoms with Crippen LogP contribution in [0.25, 0.3) is 0 Å². The standard InChI is InChI=1S/C15H12ClNO3/c16-12-4-6-13(7-5-12)17-15(19)10-20-14-3-1-2-11(8-14)9-18/h1-9H,10H2,(H,17,19). The average molecular weight is 290 g/mol. The summed E-state index contributed by atoms with van der Waals surface area (Å²) in [6.07, 6.45) is 0.723. The number of halogens is 1. The lowest BCUT2D eigenvalue weighted by Gasteiger charge is -2.07. The van der Waals surface area contributed by atoms with Gasteiger partial charge in [-0.2, -0.15) is 0 Å². The van der Waals surface area contributed by atoms with Gasteiger partial charge in [-0.1, -0.05) is 23.7 Å². The molecule has 2 aromatic carbocycles. The zero-order valence-electron chi connectivity index (χ0n) is 10.5. The Morgan fingerprint density at radius 1 is 1.20 bits per heavy atom. The molecule has 2 aromatic rings. The van der Waals surface area contributed by atoms with Crippen LogP contribution in [0.3, 0.4) is 0 Å². The first-order valence-electron chi connectivity index (χ1n) is 5.91. The Balaban J connectivity index is 1.88. The average Bonchev–Trinajstić information content (AvgIpc) is 2.48. The molecule has 0 bridgehead atoms. The van der Waals surface area contributed by atoms with Gasteiger partial charge in [0.25, 0.3) is 5.91 Å². The molecule has 0 atom stereocenters. The van der Waals surface area contributed by atoms with E-state index in [0.29, 0.717) is 22.0 Å². The van der Waals surface area contributed by atoms with Crippen LogP contribution in [0.1, 0.15) is 10.4 Å². The van der Waals surface area contributed by atoms with E-state index in [9.17, 15) is 9.59 Å². The van der Waals surface area contributed by atoms with Crippen LogP contribution in [0.5, 0.6) is 5.75 Å². The van der Waals surface area contributed by atoms with Crippen molar-refractivity contribution in [1.29, 1.82) is 0 Å². The van der Waals surface area contributed by atoms with Crippen molar-refractivity contribution in [3.8, 4) is 5.75 Å². The molecule has 0 saturated carbocycles. The summed E-state index contributed by atoms with van der Waals surface area (Å²) in [6, 6.07) is 13.4. The van der Waals surface area contributed by atoms with Gasteiger partial charge in [-0.3, -0.25) is 9.59 Å². The molecule has 0 spiro atoms. The third-order valence-electron chi connectivity index (χ3n) is 2.49. The fourth-order valence-corrected chi connectivity index (χ4v) is 1.68. The number of aldehydes is 1. The van der Waals surface area contributed by atoms with E-state index in [2.05, 4.69) is 5.32 Å². The van der Waals surface area contributed by atoms with Gasteiger partial charge < -0.3 is 10.1 Å².